The quantitative estimate of drug-likeness (QED) is 0.901. The summed E-state index contributed by atoms with van der Waals surface area (Å²) in [5.74, 6) is 1.18. The van der Waals surface area contributed by atoms with Crippen molar-refractivity contribution in [1.82, 2.24) is 20.3 Å². The molecule has 1 amide bonds. The van der Waals surface area contributed by atoms with Gasteiger partial charge >= 0.3 is 0 Å². The molecule has 128 valence electrons. The Hall–Kier alpha value is -2.02. The molecule has 2 aromatic heterocycles. The largest absolute Gasteiger partial charge is 0.351 e. The van der Waals surface area contributed by atoms with E-state index in [9.17, 15) is 4.79 Å². The molecule has 0 aliphatic carbocycles. The zero-order chi connectivity index (χ0) is 16.9. The van der Waals surface area contributed by atoms with Crippen molar-refractivity contribution in [2.75, 3.05) is 18.0 Å². The van der Waals surface area contributed by atoms with Crippen molar-refractivity contribution in [3.05, 3.63) is 34.5 Å². The van der Waals surface area contributed by atoms with Gasteiger partial charge < -0.3 is 10.2 Å². The molecular formula is C17H23N5OS. The van der Waals surface area contributed by atoms with Gasteiger partial charge in [0.1, 0.15) is 0 Å². The highest BCUT2D eigenvalue weighted by molar-refractivity contribution is 7.09. The maximum absolute atomic E-state index is 12.3. The average molecular weight is 345 g/mol. The van der Waals surface area contributed by atoms with Gasteiger partial charge in [-0.25, -0.2) is 15.0 Å². The molecule has 6 nitrogen and oxygen atoms in total. The summed E-state index contributed by atoms with van der Waals surface area (Å²) >= 11 is 1.63. The molecule has 1 N–H and O–H groups in total. The number of carbonyl (C=O) groups is 1. The first-order valence-electron chi connectivity index (χ1n) is 8.37. The first kappa shape index (κ1) is 16.8. The Labute approximate surface area is 146 Å². The van der Waals surface area contributed by atoms with Gasteiger partial charge in [0.05, 0.1) is 17.1 Å². The second-order valence-electron chi connectivity index (χ2n) is 6.41. The molecule has 0 aromatic carbocycles. The fourth-order valence-corrected chi connectivity index (χ4v) is 3.68. The molecule has 0 radical (unpaired) electrons. The number of anilines is 1. The Balaban J connectivity index is 1.54. The Morgan fingerprint density at radius 3 is 2.92 bits per heavy atom. The van der Waals surface area contributed by atoms with Crippen molar-refractivity contribution in [2.45, 2.75) is 45.1 Å². The number of thiazole rings is 1. The molecule has 0 bridgehead atoms. The van der Waals surface area contributed by atoms with E-state index in [1.165, 1.54) is 0 Å². The Morgan fingerprint density at radius 2 is 2.21 bits per heavy atom. The van der Waals surface area contributed by atoms with Crippen LogP contribution in [0.2, 0.25) is 0 Å². The second-order valence-corrected chi connectivity index (χ2v) is 7.30. The van der Waals surface area contributed by atoms with Crippen LogP contribution in [0.4, 0.5) is 5.95 Å². The third-order valence-corrected chi connectivity index (χ3v) is 5.22. The van der Waals surface area contributed by atoms with Crippen LogP contribution in [0.3, 0.4) is 0 Å². The van der Waals surface area contributed by atoms with Crippen LogP contribution in [-0.2, 0) is 11.2 Å². The normalized spacial score (nSPS) is 18.0. The topological polar surface area (TPSA) is 71.0 Å². The maximum Gasteiger partial charge on any atom is 0.226 e. The Morgan fingerprint density at radius 1 is 1.42 bits per heavy atom. The van der Waals surface area contributed by atoms with Gasteiger partial charge in [0.2, 0.25) is 11.9 Å². The molecule has 3 rings (SSSR count). The molecule has 24 heavy (non-hydrogen) atoms. The van der Waals surface area contributed by atoms with Gasteiger partial charge in [-0.15, -0.1) is 11.3 Å². The lowest BCUT2D eigenvalue weighted by Gasteiger charge is -2.33. The van der Waals surface area contributed by atoms with Crippen LogP contribution >= 0.6 is 11.3 Å². The highest BCUT2D eigenvalue weighted by Crippen LogP contribution is 2.20. The highest BCUT2D eigenvalue weighted by Gasteiger charge is 2.23. The van der Waals surface area contributed by atoms with E-state index in [4.69, 9.17) is 0 Å². The summed E-state index contributed by atoms with van der Waals surface area (Å²) in [6, 6.07) is 1.95. The highest BCUT2D eigenvalue weighted by atomic mass is 32.1. The molecule has 1 saturated heterocycles. The van der Waals surface area contributed by atoms with Gasteiger partial charge in [0.25, 0.3) is 0 Å². The smallest absolute Gasteiger partial charge is 0.226 e. The molecule has 0 unspecified atom stereocenters. The molecule has 1 aliphatic heterocycles. The van der Waals surface area contributed by atoms with Gasteiger partial charge in [0, 0.05) is 42.8 Å². The van der Waals surface area contributed by atoms with E-state index < -0.39 is 0 Å². The third kappa shape index (κ3) is 4.29. The summed E-state index contributed by atoms with van der Waals surface area (Å²) in [5, 5.41) is 6.21. The van der Waals surface area contributed by atoms with Gasteiger partial charge in [0.15, 0.2) is 0 Å². The van der Waals surface area contributed by atoms with Crippen LogP contribution < -0.4 is 10.2 Å². The maximum atomic E-state index is 12.3. The molecule has 1 fully saturated rings. The zero-order valence-corrected chi connectivity index (χ0v) is 14.9. The summed E-state index contributed by atoms with van der Waals surface area (Å²) in [5.41, 5.74) is 0.861. The predicted molar refractivity (Wildman–Crippen MR) is 95.3 cm³/mol. The molecule has 7 heteroatoms. The fourth-order valence-electron chi connectivity index (χ4n) is 2.84. The van der Waals surface area contributed by atoms with E-state index >= 15 is 0 Å². The van der Waals surface area contributed by atoms with Crippen LogP contribution in [0.5, 0.6) is 0 Å². The minimum absolute atomic E-state index is 0.0384. The number of nitrogens with one attached hydrogen (secondary N) is 1. The van der Waals surface area contributed by atoms with Gasteiger partial charge in [-0.2, -0.15) is 0 Å². The van der Waals surface area contributed by atoms with Crippen molar-refractivity contribution in [3.8, 4) is 0 Å². The second kappa shape index (κ2) is 7.70. The monoisotopic (exact) mass is 345 g/mol. The number of aromatic nitrogens is 3. The number of amides is 1. The molecule has 1 aliphatic rings. The number of carbonyl (C=O) groups excluding carboxylic acids is 1. The van der Waals surface area contributed by atoms with Gasteiger partial charge in [-0.05, 0) is 18.9 Å². The van der Waals surface area contributed by atoms with E-state index in [1.54, 1.807) is 23.7 Å². The van der Waals surface area contributed by atoms with Crippen molar-refractivity contribution >= 4 is 23.2 Å². The van der Waals surface area contributed by atoms with E-state index in [1.807, 2.05) is 11.4 Å². The zero-order valence-electron chi connectivity index (χ0n) is 14.1. The first-order chi connectivity index (χ1) is 11.6. The van der Waals surface area contributed by atoms with Crippen molar-refractivity contribution < 1.29 is 4.79 Å². The van der Waals surface area contributed by atoms with Crippen LogP contribution in [0.1, 0.15) is 43.3 Å². The van der Waals surface area contributed by atoms with Gasteiger partial charge in [-0.3, -0.25) is 4.79 Å². The molecule has 1 atom stereocenters. The van der Waals surface area contributed by atoms with Crippen LogP contribution in [0.15, 0.2) is 23.8 Å². The van der Waals surface area contributed by atoms with Crippen LogP contribution in [0, 0.1) is 0 Å². The fraction of sp³-hybridized carbons (Fsp3) is 0.529. The van der Waals surface area contributed by atoms with Crippen molar-refractivity contribution in [2.24, 2.45) is 0 Å². The summed E-state index contributed by atoms with van der Waals surface area (Å²) in [6.45, 7) is 5.92. The SMILES string of the molecule is CC(C)c1nc(CC(=O)N[C@H]2CCCN(c3ncccn3)C2)cs1. The molecule has 0 saturated carbocycles. The standard InChI is InChI=1S/C17H23N5OS/c1-12(2)16-21-14(11-24-16)9-15(23)20-13-5-3-8-22(10-13)17-18-6-4-7-19-17/h4,6-7,11-13H,3,5,8-10H2,1-2H3,(H,20,23)/t13-/m0/s1. The summed E-state index contributed by atoms with van der Waals surface area (Å²) in [6.07, 6.45) is 5.86. The third-order valence-electron chi connectivity index (χ3n) is 4.03. The lowest BCUT2D eigenvalue weighted by molar-refractivity contribution is -0.121. The summed E-state index contributed by atoms with van der Waals surface area (Å²) in [7, 11) is 0. The average Bonchev–Trinajstić information content (AvgIpc) is 3.04. The first-order valence-corrected chi connectivity index (χ1v) is 9.25. The minimum atomic E-state index is 0.0384. The Kier molecular flexibility index (Phi) is 5.40. The lowest BCUT2D eigenvalue weighted by Crippen LogP contribution is -2.48. The Bertz CT molecular complexity index is 673. The minimum Gasteiger partial charge on any atom is -0.351 e. The van der Waals surface area contributed by atoms with Crippen LogP contribution in [0.25, 0.3) is 0 Å². The van der Waals surface area contributed by atoms with E-state index in [-0.39, 0.29) is 11.9 Å². The lowest BCUT2D eigenvalue weighted by atomic mass is 10.1. The number of nitrogens with zero attached hydrogens (tertiary/aromatic N) is 4. The van der Waals surface area contributed by atoms with Crippen molar-refractivity contribution in [1.29, 1.82) is 0 Å². The summed E-state index contributed by atoms with van der Waals surface area (Å²) in [4.78, 5) is 27.6. The van der Waals surface area contributed by atoms with E-state index in [2.05, 4.69) is 39.0 Å². The number of hydrogen-bond donors (Lipinski definition) is 1. The molecular weight excluding hydrogens is 322 g/mol. The number of rotatable bonds is 5. The number of piperidine rings is 1. The molecule has 0 spiro atoms. The molecule has 3 heterocycles. The molecule has 2 aromatic rings. The van der Waals surface area contributed by atoms with Gasteiger partial charge in [-0.1, -0.05) is 13.8 Å². The van der Waals surface area contributed by atoms with E-state index in [0.29, 0.717) is 12.3 Å². The predicted octanol–water partition coefficient (Wildman–Crippen LogP) is 2.38. The van der Waals surface area contributed by atoms with Crippen molar-refractivity contribution in [3.63, 3.8) is 0 Å². The summed E-state index contributed by atoms with van der Waals surface area (Å²) < 4.78 is 0. The van der Waals surface area contributed by atoms with Crippen LogP contribution in [-0.4, -0.2) is 40.0 Å². The number of hydrogen-bond acceptors (Lipinski definition) is 6. The van der Waals surface area contributed by atoms with E-state index in [0.717, 1.165) is 42.6 Å².